The highest BCUT2D eigenvalue weighted by Gasteiger charge is 2.74. The van der Waals surface area contributed by atoms with Crippen LogP contribution in [0.1, 0.15) is 19.4 Å². The monoisotopic (exact) mass is 402 g/mol. The molecule has 0 unspecified atom stereocenters. The highest BCUT2D eigenvalue weighted by Crippen LogP contribution is 2.51. The molecular formula is C24H24N3O3+. The van der Waals surface area contributed by atoms with E-state index in [0.717, 1.165) is 16.8 Å². The average Bonchev–Trinajstić information content (AvgIpc) is 3.27. The molecule has 0 aromatic heterocycles. The molecule has 0 bridgehead atoms. The van der Waals surface area contributed by atoms with Crippen LogP contribution in [0.4, 0.5) is 11.4 Å². The Kier molecular flexibility index (Phi) is 3.98. The van der Waals surface area contributed by atoms with Gasteiger partial charge in [-0.15, -0.1) is 0 Å². The molecule has 3 heterocycles. The van der Waals surface area contributed by atoms with Crippen molar-refractivity contribution in [2.24, 2.45) is 11.8 Å². The number of benzene rings is 2. The zero-order chi connectivity index (χ0) is 21.2. The lowest BCUT2D eigenvalue weighted by Crippen LogP contribution is -2.98. The van der Waals surface area contributed by atoms with Gasteiger partial charge in [-0.05, 0) is 32.0 Å². The molecule has 5 rings (SSSR count). The van der Waals surface area contributed by atoms with Gasteiger partial charge in [0.15, 0.2) is 0 Å². The summed E-state index contributed by atoms with van der Waals surface area (Å²) in [4.78, 5) is 43.9. The fourth-order valence-electron chi connectivity index (χ4n) is 5.55. The predicted octanol–water partition coefficient (Wildman–Crippen LogP) is 1.58. The van der Waals surface area contributed by atoms with Crippen LogP contribution >= 0.6 is 0 Å². The van der Waals surface area contributed by atoms with Crippen molar-refractivity contribution in [3.8, 4) is 0 Å². The molecule has 2 fully saturated rings. The summed E-state index contributed by atoms with van der Waals surface area (Å²) < 4.78 is 0. The second-order valence-corrected chi connectivity index (χ2v) is 8.61. The van der Waals surface area contributed by atoms with Crippen LogP contribution in [0.5, 0.6) is 0 Å². The molecule has 1 spiro atoms. The number of anilines is 2. The lowest BCUT2D eigenvalue weighted by molar-refractivity contribution is -0.730. The number of imide groups is 1. The first-order chi connectivity index (χ1) is 14.4. The molecule has 6 nitrogen and oxygen atoms in total. The van der Waals surface area contributed by atoms with Crippen LogP contribution in [0.2, 0.25) is 0 Å². The summed E-state index contributed by atoms with van der Waals surface area (Å²) in [6.07, 6.45) is 0. The van der Waals surface area contributed by atoms with Gasteiger partial charge in [0, 0.05) is 12.1 Å². The predicted molar refractivity (Wildman–Crippen MR) is 113 cm³/mol. The molecule has 2 saturated heterocycles. The molecule has 0 aliphatic carbocycles. The van der Waals surface area contributed by atoms with Crippen LogP contribution < -0.4 is 15.1 Å². The standard InChI is InChI=1S/C24H23N3O3/c1-14(2)13-26-18-12-8-7-11-17(18)24(23(26)30)20-19(15(3)25-24)21(28)27(22(20)29)16-9-5-4-6-10-16/h4-12,15,19-20,25H,1,13H2,2-3H3/p+1/t15-,19-,20+,24+/m1/s1. The van der Waals surface area contributed by atoms with Crippen LogP contribution in [0, 0.1) is 11.8 Å². The molecule has 6 heteroatoms. The first-order valence-electron chi connectivity index (χ1n) is 10.2. The van der Waals surface area contributed by atoms with Crippen molar-refractivity contribution < 1.29 is 19.7 Å². The molecule has 2 N–H and O–H groups in total. The molecule has 4 atom stereocenters. The van der Waals surface area contributed by atoms with E-state index < -0.39 is 17.4 Å². The Morgan fingerprint density at radius 3 is 2.40 bits per heavy atom. The summed E-state index contributed by atoms with van der Waals surface area (Å²) in [7, 11) is 0. The molecule has 3 amide bonds. The highest BCUT2D eigenvalue weighted by molar-refractivity contribution is 6.25. The Morgan fingerprint density at radius 2 is 1.70 bits per heavy atom. The summed E-state index contributed by atoms with van der Waals surface area (Å²) in [6.45, 7) is 8.17. The summed E-state index contributed by atoms with van der Waals surface area (Å²) in [5.74, 6) is -1.93. The van der Waals surface area contributed by atoms with Gasteiger partial charge in [-0.2, -0.15) is 0 Å². The van der Waals surface area contributed by atoms with Gasteiger partial charge in [0.1, 0.15) is 11.8 Å². The first kappa shape index (κ1) is 18.8. The number of amides is 3. The summed E-state index contributed by atoms with van der Waals surface area (Å²) in [5, 5.41) is 1.94. The Balaban J connectivity index is 1.67. The molecule has 3 aliphatic rings. The van der Waals surface area contributed by atoms with Gasteiger partial charge in [-0.3, -0.25) is 14.4 Å². The van der Waals surface area contributed by atoms with Crippen molar-refractivity contribution in [1.82, 2.24) is 0 Å². The number of hydrogen-bond acceptors (Lipinski definition) is 3. The van der Waals surface area contributed by atoms with Crippen LogP contribution in [0.3, 0.4) is 0 Å². The van der Waals surface area contributed by atoms with Crippen LogP contribution in [-0.2, 0) is 19.9 Å². The molecule has 152 valence electrons. The maximum atomic E-state index is 13.9. The Hall–Kier alpha value is -3.25. The zero-order valence-electron chi connectivity index (χ0n) is 17.0. The van der Waals surface area contributed by atoms with E-state index in [1.807, 2.05) is 49.5 Å². The number of hydrogen-bond donors (Lipinski definition) is 1. The third kappa shape index (κ3) is 2.25. The van der Waals surface area contributed by atoms with E-state index in [2.05, 4.69) is 6.58 Å². The van der Waals surface area contributed by atoms with Gasteiger partial charge in [0.25, 0.3) is 5.91 Å². The quantitative estimate of drug-likeness (QED) is 0.626. The molecule has 0 saturated carbocycles. The Labute approximate surface area is 175 Å². The second-order valence-electron chi connectivity index (χ2n) is 8.61. The van der Waals surface area contributed by atoms with Gasteiger partial charge in [0.05, 0.1) is 17.4 Å². The minimum atomic E-state index is -1.12. The number of carbonyl (C=O) groups excluding carboxylic acids is 3. The number of para-hydroxylation sites is 2. The number of rotatable bonds is 3. The maximum absolute atomic E-state index is 13.9. The molecule has 3 aliphatic heterocycles. The number of nitrogens with zero attached hydrogens (tertiary/aromatic N) is 2. The van der Waals surface area contributed by atoms with E-state index in [-0.39, 0.29) is 23.8 Å². The molecular weight excluding hydrogens is 378 g/mol. The molecule has 2 aromatic rings. The Morgan fingerprint density at radius 1 is 1.03 bits per heavy atom. The van der Waals surface area contributed by atoms with Crippen LogP contribution in [-0.4, -0.2) is 30.3 Å². The van der Waals surface area contributed by atoms with Crippen molar-refractivity contribution in [1.29, 1.82) is 0 Å². The van der Waals surface area contributed by atoms with Gasteiger partial charge >= 0.3 is 0 Å². The van der Waals surface area contributed by atoms with Crippen LogP contribution in [0.25, 0.3) is 0 Å². The van der Waals surface area contributed by atoms with E-state index >= 15 is 0 Å². The van der Waals surface area contributed by atoms with E-state index in [0.29, 0.717) is 12.2 Å². The van der Waals surface area contributed by atoms with Crippen LogP contribution in [0.15, 0.2) is 66.7 Å². The van der Waals surface area contributed by atoms with E-state index in [1.54, 1.807) is 29.2 Å². The fourth-order valence-corrected chi connectivity index (χ4v) is 5.55. The van der Waals surface area contributed by atoms with Crippen molar-refractivity contribution in [2.75, 3.05) is 16.3 Å². The van der Waals surface area contributed by atoms with E-state index in [4.69, 9.17) is 0 Å². The van der Waals surface area contributed by atoms with Gasteiger partial charge in [-0.25, -0.2) is 4.90 Å². The highest BCUT2D eigenvalue weighted by atomic mass is 16.2. The maximum Gasteiger partial charge on any atom is 0.294 e. The SMILES string of the molecule is C=C(C)CN1C(=O)[C@]2([NH2+][C@H](C)[C@H]3C(=O)N(c4ccccc4)C(=O)[C@H]32)c2ccccc21. The lowest BCUT2D eigenvalue weighted by Gasteiger charge is -2.27. The Bertz CT molecular complexity index is 1100. The van der Waals surface area contributed by atoms with Gasteiger partial charge < -0.3 is 10.2 Å². The van der Waals surface area contributed by atoms with Crippen molar-refractivity contribution >= 4 is 29.1 Å². The molecule has 2 aromatic carbocycles. The zero-order valence-corrected chi connectivity index (χ0v) is 17.0. The third-order valence-electron chi connectivity index (χ3n) is 6.62. The number of carbonyl (C=O) groups is 3. The van der Waals surface area contributed by atoms with Gasteiger partial charge in [-0.1, -0.05) is 48.6 Å². The van der Waals surface area contributed by atoms with Crippen molar-refractivity contribution in [3.63, 3.8) is 0 Å². The minimum absolute atomic E-state index is 0.137. The number of fused-ring (bicyclic) bond motifs is 4. The third-order valence-corrected chi connectivity index (χ3v) is 6.62. The minimum Gasteiger partial charge on any atom is -0.326 e. The molecule has 30 heavy (non-hydrogen) atoms. The van der Waals surface area contributed by atoms with Crippen molar-refractivity contribution in [2.45, 2.75) is 25.4 Å². The van der Waals surface area contributed by atoms with Crippen molar-refractivity contribution in [3.05, 3.63) is 72.3 Å². The average molecular weight is 402 g/mol. The number of quaternary nitrogens is 1. The number of nitrogens with two attached hydrogens (primary N) is 1. The van der Waals surface area contributed by atoms with E-state index in [9.17, 15) is 14.4 Å². The summed E-state index contributed by atoms with van der Waals surface area (Å²) >= 11 is 0. The summed E-state index contributed by atoms with van der Waals surface area (Å²) in [6, 6.07) is 16.4. The van der Waals surface area contributed by atoms with E-state index in [1.165, 1.54) is 4.90 Å². The van der Waals surface area contributed by atoms with Gasteiger partial charge in [0.2, 0.25) is 17.4 Å². The second kappa shape index (κ2) is 6.37. The lowest BCUT2D eigenvalue weighted by atomic mass is 9.76. The molecule has 0 radical (unpaired) electrons. The summed E-state index contributed by atoms with van der Waals surface area (Å²) in [5.41, 5.74) is 1.91. The smallest absolute Gasteiger partial charge is 0.294 e. The largest absolute Gasteiger partial charge is 0.326 e. The fraction of sp³-hybridized carbons (Fsp3) is 0.292. The normalized spacial score (nSPS) is 29.7. The first-order valence-corrected chi connectivity index (χ1v) is 10.2. The topological polar surface area (TPSA) is 74.3 Å².